The zero-order chi connectivity index (χ0) is 69.4. The molecule has 6 aromatic rings. The number of nitrogens with zero attached hydrogens (tertiary/aromatic N) is 8. The maximum Gasteiger partial charge on any atom is 0.408 e. The molecule has 24 nitrogen and oxygen atoms in total. The van der Waals surface area contributed by atoms with Gasteiger partial charge in [0.25, 0.3) is 0 Å². The van der Waals surface area contributed by atoms with E-state index < -0.39 is 70.9 Å². The first-order chi connectivity index (χ1) is 46.8. The van der Waals surface area contributed by atoms with Crippen LogP contribution >= 0.6 is 0 Å². The Bertz CT molecular complexity index is 3770. The first-order valence-electron chi connectivity index (χ1n) is 35.2. The van der Waals surface area contributed by atoms with Gasteiger partial charge in [-0.25, -0.2) is 52.1 Å². The molecule has 2 unspecified atom stereocenters. The zero-order valence-electron chi connectivity index (χ0n) is 59.2. The van der Waals surface area contributed by atoms with Gasteiger partial charge in [-0.3, -0.25) is 9.59 Å². The van der Waals surface area contributed by atoms with E-state index in [0.29, 0.717) is 99.2 Å². The molecule has 13 rings (SSSR count). The summed E-state index contributed by atoms with van der Waals surface area (Å²) in [5.41, 5.74) is 2.18. The molecule has 2 radical (unpaired) electrons. The van der Waals surface area contributed by atoms with Crippen LogP contribution in [-0.4, -0.2) is 137 Å². The SMILES string of the molecule is Cc1cnc(COc2ccc3nc4c(nc3c2)O[C@H]2CN(C(=O)[C@H](C(C)(C)C)NC(=O)O[C@@H]3CC5CC5[C@H]3CCCCC4)[C@H]([C-]=O)[C@@H]2C)o1.Cc1cnc(COc2ccc3nc4c(nc3c2)O[C@H]2CN(C(=O)[C@H](C(C)(C)C)NC(=O)O[C@]3(C)CCC[C@H]3CCCCC4)[C@H]([C-]=O)[C@@H]2C)o1.[V].[V]. The van der Waals surface area contributed by atoms with Crippen molar-refractivity contribution in [3.63, 3.8) is 0 Å². The molecule has 8 heterocycles. The van der Waals surface area contributed by atoms with Crippen molar-refractivity contribution in [1.29, 1.82) is 0 Å². The Morgan fingerprint density at radius 1 is 0.580 bits per heavy atom. The van der Waals surface area contributed by atoms with Crippen molar-refractivity contribution < 1.29 is 103 Å². The number of rotatable bonds is 8. The number of fused-ring (bicyclic) bond motifs is 12. The van der Waals surface area contributed by atoms with Gasteiger partial charge in [-0.15, -0.1) is 0 Å². The van der Waals surface area contributed by atoms with Gasteiger partial charge in [-0.2, -0.15) is 0 Å². The molecule has 5 fully saturated rings. The minimum atomic E-state index is -0.932. The standard InChI is InChI=1S/C37H46N5O7.C37H48N5O7.2V/c1-20-16-38-32(47-20)19-46-23-11-12-26-28(15-23)40-34-27(39-26)10-8-6-7-9-24-25-13-22(25)14-30(24)49-36(45)41-33(37(3,4)5)35(44)42-17-31(48-34)21(2)29(42)18-43;1-22-18-38-31(47-22)21-46-25-14-15-26-28(17-25)40-33-27(39-26)13-9-7-8-11-24-12-10-16-37(24,6)49-35(45)41-32(36(3,4)5)34(44)42-19-30(48-33)23(2)29(42)20-43;;/h11-12,15-16,21-22,24-25,29-31,33H,6-10,13-14,17,19H2,1-5H3,(H,41,45);14-15,17-18,23-24,29-30,32H,7-13,16,19,21H2,1-6H3,(H,41,45);;/q2*-1;;/t21-,22?,24+,25?,29+,30+,31-,33+;23-,24+,29+,30-,32+,37+;;/m00../s1. The number of carbonyl (C=O) groups excluding carboxylic acids is 6. The molecule has 0 spiro atoms. The van der Waals surface area contributed by atoms with Crippen LogP contribution in [0.3, 0.4) is 0 Å². The van der Waals surface area contributed by atoms with Crippen LogP contribution in [-0.2, 0) is 91.8 Å². The summed E-state index contributed by atoms with van der Waals surface area (Å²) >= 11 is 0. The minimum Gasteiger partial charge on any atom is -0.540 e. The van der Waals surface area contributed by atoms with Crippen LogP contribution in [0.1, 0.15) is 180 Å². The summed E-state index contributed by atoms with van der Waals surface area (Å²) in [4.78, 5) is 111. The smallest absolute Gasteiger partial charge is 0.408 e. The molecular weight excluding hydrogens is 1350 g/mol. The van der Waals surface area contributed by atoms with E-state index in [1.807, 2.05) is 106 Å². The molecule has 4 aliphatic heterocycles. The molecule has 2 aromatic carbocycles. The van der Waals surface area contributed by atoms with Crippen LogP contribution < -0.4 is 29.6 Å². The van der Waals surface area contributed by atoms with Crippen LogP contribution in [0.5, 0.6) is 23.3 Å². The van der Waals surface area contributed by atoms with Crippen molar-refractivity contribution in [2.24, 2.45) is 46.3 Å². The Labute approximate surface area is 608 Å². The summed E-state index contributed by atoms with van der Waals surface area (Å²) in [5.74, 6) is 4.58. The average Bonchev–Trinajstić information content (AvgIpc) is 1.59. The van der Waals surface area contributed by atoms with Gasteiger partial charge in [-0.1, -0.05) is 93.2 Å². The number of aryl methyl sites for hydroxylation is 4. The summed E-state index contributed by atoms with van der Waals surface area (Å²) in [6, 6.07) is 7.51. The Kier molecular flexibility index (Phi) is 23.8. The van der Waals surface area contributed by atoms with Crippen LogP contribution in [0.2, 0.25) is 0 Å². The fraction of sp³-hybridized carbons (Fsp3) is 0.622. The Morgan fingerprint density at radius 3 is 1.53 bits per heavy atom. The largest absolute Gasteiger partial charge is 0.540 e. The molecule has 2 saturated heterocycles. The predicted molar refractivity (Wildman–Crippen MR) is 359 cm³/mol. The average molecular weight is 1450 g/mol. The second-order valence-corrected chi connectivity index (χ2v) is 30.6. The summed E-state index contributed by atoms with van der Waals surface area (Å²) in [5, 5.41) is 5.78. The van der Waals surface area contributed by atoms with Gasteiger partial charge < -0.3 is 67.3 Å². The van der Waals surface area contributed by atoms with Crippen LogP contribution in [0.25, 0.3) is 22.1 Å². The quantitative estimate of drug-likeness (QED) is 0.134. The number of nitrogens with one attached hydrogen (secondary N) is 2. The first kappa shape index (κ1) is 75.4. The topological polar surface area (TPSA) is 292 Å². The number of carbonyl (C=O) groups is 4. The van der Waals surface area contributed by atoms with Crippen molar-refractivity contribution in [3.8, 4) is 23.3 Å². The van der Waals surface area contributed by atoms with Crippen molar-refractivity contribution >= 4 is 58.6 Å². The van der Waals surface area contributed by atoms with Crippen LogP contribution in [0.4, 0.5) is 9.59 Å². The number of ether oxygens (including phenoxy) is 6. The van der Waals surface area contributed by atoms with Crippen LogP contribution in [0, 0.1) is 60.2 Å². The number of aromatic nitrogens is 6. The van der Waals surface area contributed by atoms with E-state index in [1.165, 1.54) is 16.2 Å². The van der Waals surface area contributed by atoms with Crippen molar-refractivity contribution in [1.82, 2.24) is 50.3 Å². The maximum atomic E-state index is 14.2. The molecule has 3 saturated carbocycles. The monoisotopic (exact) mass is 1450 g/mol. The van der Waals surface area contributed by atoms with E-state index in [4.69, 9.17) is 57.2 Å². The van der Waals surface area contributed by atoms with Crippen molar-refractivity contribution in [2.45, 2.75) is 234 Å². The fourth-order valence-electron chi connectivity index (χ4n) is 15.5. The second kappa shape index (κ2) is 31.5. The van der Waals surface area contributed by atoms with Crippen molar-refractivity contribution in [3.05, 3.63) is 83.5 Å². The molecule has 536 valence electrons. The van der Waals surface area contributed by atoms with E-state index in [0.717, 1.165) is 88.4 Å². The fourth-order valence-corrected chi connectivity index (χ4v) is 15.5. The van der Waals surface area contributed by atoms with E-state index in [1.54, 1.807) is 18.5 Å². The molecule has 100 heavy (non-hydrogen) atoms. The normalized spacial score (nSPS) is 28.9. The number of hydrogen-bond donors (Lipinski definition) is 2. The van der Waals surface area contributed by atoms with E-state index in [-0.39, 0.29) is 93.2 Å². The third-order valence-corrected chi connectivity index (χ3v) is 21.2. The van der Waals surface area contributed by atoms with Gasteiger partial charge in [0.15, 0.2) is 13.2 Å². The number of oxazole rings is 2. The number of amides is 4. The number of benzene rings is 2. The Morgan fingerprint density at radius 2 is 1.06 bits per heavy atom. The third-order valence-electron chi connectivity index (χ3n) is 21.2. The summed E-state index contributed by atoms with van der Waals surface area (Å²) in [6.07, 6.45) is 18.9. The molecule has 4 aromatic heterocycles. The maximum absolute atomic E-state index is 14.2. The first-order valence-corrected chi connectivity index (χ1v) is 35.2. The van der Waals surface area contributed by atoms with Gasteiger partial charge >= 0.3 is 12.2 Å². The Hall–Kier alpha value is -7.27. The minimum absolute atomic E-state index is 0. The van der Waals surface area contributed by atoms with Crippen LogP contribution in [0.15, 0.2) is 57.6 Å². The van der Waals surface area contributed by atoms with E-state index in [9.17, 15) is 28.8 Å². The molecule has 14 atom stereocenters. The summed E-state index contributed by atoms with van der Waals surface area (Å²) < 4.78 is 48.3. The molecule has 7 aliphatic rings. The summed E-state index contributed by atoms with van der Waals surface area (Å²) in [7, 11) is 0. The molecule has 2 N–H and O–H groups in total. The van der Waals surface area contributed by atoms with Gasteiger partial charge in [0.1, 0.15) is 70.4 Å². The molecule has 26 heteroatoms. The second-order valence-electron chi connectivity index (χ2n) is 30.6. The number of hydrogen-bond acceptors (Lipinski definition) is 20. The van der Waals surface area contributed by atoms with Gasteiger partial charge in [0.05, 0.1) is 47.6 Å². The zero-order valence-corrected chi connectivity index (χ0v) is 62.0. The molecular formula is C74H94N10O14V2-2. The summed E-state index contributed by atoms with van der Waals surface area (Å²) in [6.45, 7) is 21.4. The van der Waals surface area contributed by atoms with Crippen molar-refractivity contribution in [2.75, 3.05) is 13.1 Å². The van der Waals surface area contributed by atoms with Gasteiger partial charge in [0, 0.05) is 49.2 Å². The third kappa shape index (κ3) is 17.1. The molecule has 3 aliphatic carbocycles. The van der Waals surface area contributed by atoms with Gasteiger partial charge in [0.2, 0.25) is 35.4 Å². The van der Waals surface area contributed by atoms with Gasteiger partial charge in [-0.05, 0) is 162 Å². The van der Waals surface area contributed by atoms with E-state index >= 15 is 0 Å². The van der Waals surface area contributed by atoms with E-state index in [2.05, 4.69) is 33.2 Å². The predicted octanol–water partition coefficient (Wildman–Crippen LogP) is 11.5. The number of alkyl carbamates (subject to hydrolysis) is 2. The molecule has 4 bridgehead atoms. The Balaban J connectivity index is 0.000000212. The molecule has 4 amide bonds.